The quantitative estimate of drug-likeness (QED) is 0.0812. The summed E-state index contributed by atoms with van der Waals surface area (Å²) in [6.07, 6.45) is -0.965. The molecule has 2 aromatic heterocycles. The van der Waals surface area contributed by atoms with Gasteiger partial charge in [0.15, 0.2) is 45.0 Å². The average Bonchev–Trinajstić information content (AvgIpc) is 3.11. The molecule has 15 nitrogen and oxygen atoms in total. The van der Waals surface area contributed by atoms with E-state index in [1.165, 1.54) is 0 Å². The van der Waals surface area contributed by atoms with Gasteiger partial charge in [-0.05, 0) is 34.7 Å². The molecule has 0 aliphatic heterocycles. The summed E-state index contributed by atoms with van der Waals surface area (Å²) in [6, 6.07) is 21.6. The van der Waals surface area contributed by atoms with Crippen molar-refractivity contribution in [1.82, 2.24) is 30.6 Å². The standard InChI is InChI=1S/C35H32Cl2N10O5/c1-17-7-5-6-10-21(17)23(43-35(51)27-31(39)47-33(41)29(37)45-27)16-25(49)52-24(48)15-22(42-34(50)26-30(38)46-32(40)28(36)44-26)20-13-11-19(12-14-20)18-8-3-2-4-9-18/h2-14,22-23H,15-16H2,1H3,(H,42,50)(H,43,51)(H4,38,40,46)(H4,39,41,47)/t22?,23-/m0/s1. The molecule has 52 heavy (non-hydrogen) atoms. The number of nitrogens with two attached hydrogens (primary N) is 4. The largest absolute Gasteiger partial charge is 0.393 e. The van der Waals surface area contributed by atoms with Gasteiger partial charge in [-0.3, -0.25) is 19.2 Å². The van der Waals surface area contributed by atoms with Crippen LogP contribution in [0.15, 0.2) is 78.9 Å². The number of carbonyl (C=O) groups is 4. The van der Waals surface area contributed by atoms with Crippen molar-refractivity contribution in [3.8, 4) is 11.1 Å². The van der Waals surface area contributed by atoms with Gasteiger partial charge in [0.05, 0.1) is 24.9 Å². The number of amides is 2. The number of esters is 2. The molecule has 0 fully saturated rings. The fraction of sp³-hybridized carbons (Fsp3) is 0.143. The molecule has 2 atom stereocenters. The number of aryl methyl sites for hydroxylation is 1. The van der Waals surface area contributed by atoms with Gasteiger partial charge in [-0.25, -0.2) is 19.9 Å². The Hall–Kier alpha value is -6.32. The fourth-order valence-electron chi connectivity index (χ4n) is 5.22. The fourth-order valence-corrected chi connectivity index (χ4v) is 5.47. The Balaban J connectivity index is 1.36. The molecule has 0 saturated carbocycles. The molecule has 0 radical (unpaired) electrons. The highest BCUT2D eigenvalue weighted by Gasteiger charge is 2.28. The van der Waals surface area contributed by atoms with Crippen LogP contribution in [-0.4, -0.2) is 43.7 Å². The summed E-state index contributed by atoms with van der Waals surface area (Å²) in [5.74, 6) is -4.46. The van der Waals surface area contributed by atoms with Crippen LogP contribution < -0.4 is 33.6 Å². The minimum atomic E-state index is -1.03. The van der Waals surface area contributed by atoms with Crippen molar-refractivity contribution in [3.63, 3.8) is 0 Å². The lowest BCUT2D eigenvalue weighted by Crippen LogP contribution is -2.34. The van der Waals surface area contributed by atoms with E-state index in [4.69, 9.17) is 50.9 Å². The molecule has 0 aliphatic rings. The number of ether oxygens (including phenoxy) is 1. The van der Waals surface area contributed by atoms with Crippen molar-refractivity contribution in [2.45, 2.75) is 31.8 Å². The van der Waals surface area contributed by atoms with Crippen molar-refractivity contribution < 1.29 is 23.9 Å². The maximum Gasteiger partial charge on any atom is 0.315 e. The van der Waals surface area contributed by atoms with E-state index in [1.807, 2.05) is 42.5 Å². The van der Waals surface area contributed by atoms with E-state index < -0.39 is 48.7 Å². The molecule has 0 aliphatic carbocycles. The number of carbonyl (C=O) groups excluding carboxylic acids is 4. The molecule has 0 spiro atoms. The van der Waals surface area contributed by atoms with Gasteiger partial charge >= 0.3 is 11.9 Å². The lowest BCUT2D eigenvalue weighted by molar-refractivity contribution is -0.160. The summed E-state index contributed by atoms with van der Waals surface area (Å²) >= 11 is 12.0. The first kappa shape index (κ1) is 36.9. The lowest BCUT2D eigenvalue weighted by Gasteiger charge is -2.21. The Kier molecular flexibility index (Phi) is 11.5. The van der Waals surface area contributed by atoms with E-state index in [1.54, 1.807) is 43.3 Å². The van der Waals surface area contributed by atoms with E-state index in [0.717, 1.165) is 16.7 Å². The summed E-state index contributed by atoms with van der Waals surface area (Å²) in [5.41, 5.74) is 26.0. The monoisotopic (exact) mass is 742 g/mol. The third kappa shape index (κ3) is 8.88. The van der Waals surface area contributed by atoms with Crippen LogP contribution in [0, 0.1) is 6.92 Å². The van der Waals surface area contributed by atoms with Gasteiger partial charge in [-0.1, -0.05) is 102 Å². The number of nitrogens with one attached hydrogen (secondary N) is 2. The van der Waals surface area contributed by atoms with Crippen LogP contribution in [0.1, 0.15) is 62.6 Å². The third-order valence-electron chi connectivity index (χ3n) is 7.80. The number of anilines is 4. The molecule has 1 unspecified atom stereocenters. The van der Waals surface area contributed by atoms with Crippen molar-refractivity contribution in [3.05, 3.63) is 117 Å². The van der Waals surface area contributed by atoms with E-state index in [0.29, 0.717) is 11.1 Å². The maximum atomic E-state index is 13.3. The minimum absolute atomic E-state index is 0.163. The Morgan fingerprint density at radius 1 is 0.615 bits per heavy atom. The van der Waals surface area contributed by atoms with Crippen LogP contribution in [0.25, 0.3) is 11.1 Å². The Morgan fingerprint density at radius 3 is 1.62 bits per heavy atom. The van der Waals surface area contributed by atoms with E-state index >= 15 is 0 Å². The van der Waals surface area contributed by atoms with Crippen LogP contribution in [0.4, 0.5) is 23.3 Å². The smallest absolute Gasteiger partial charge is 0.315 e. The minimum Gasteiger partial charge on any atom is -0.393 e. The highest BCUT2D eigenvalue weighted by Crippen LogP contribution is 2.27. The highest BCUT2D eigenvalue weighted by molar-refractivity contribution is 6.32. The molecule has 0 saturated heterocycles. The maximum absolute atomic E-state index is 13.3. The highest BCUT2D eigenvalue weighted by atomic mass is 35.5. The van der Waals surface area contributed by atoms with E-state index in [-0.39, 0.29) is 45.0 Å². The van der Waals surface area contributed by atoms with E-state index in [9.17, 15) is 19.2 Å². The topological polar surface area (TPSA) is 257 Å². The number of nitrogens with zero attached hydrogens (tertiary/aromatic N) is 4. The van der Waals surface area contributed by atoms with Gasteiger partial charge in [0.25, 0.3) is 11.8 Å². The molecular weight excluding hydrogens is 711 g/mol. The molecule has 266 valence electrons. The molecule has 10 N–H and O–H groups in total. The summed E-state index contributed by atoms with van der Waals surface area (Å²) in [4.78, 5) is 68.7. The molecule has 2 amide bonds. The SMILES string of the molecule is Cc1ccccc1[C@H](CC(=O)OC(=O)CC(NC(=O)c1nc(Cl)c(N)nc1N)c1ccc(-c2ccccc2)cc1)NC(=O)c1nc(Cl)c(N)nc1N. The first-order valence-corrected chi connectivity index (χ1v) is 16.3. The molecule has 2 heterocycles. The van der Waals surface area contributed by atoms with Crippen molar-refractivity contribution in [2.75, 3.05) is 22.9 Å². The predicted octanol–water partition coefficient (Wildman–Crippen LogP) is 4.37. The predicted molar refractivity (Wildman–Crippen MR) is 196 cm³/mol. The summed E-state index contributed by atoms with van der Waals surface area (Å²) < 4.78 is 5.22. The second-order valence-electron chi connectivity index (χ2n) is 11.4. The normalized spacial score (nSPS) is 12.0. The number of hydrogen-bond donors (Lipinski definition) is 6. The second-order valence-corrected chi connectivity index (χ2v) is 12.1. The lowest BCUT2D eigenvalue weighted by atomic mass is 9.98. The number of hydrogen-bond acceptors (Lipinski definition) is 13. The van der Waals surface area contributed by atoms with Crippen LogP contribution in [0.2, 0.25) is 10.3 Å². The Morgan fingerprint density at radius 2 is 1.08 bits per heavy atom. The van der Waals surface area contributed by atoms with Crippen LogP contribution >= 0.6 is 23.2 Å². The van der Waals surface area contributed by atoms with E-state index in [2.05, 4.69) is 30.6 Å². The van der Waals surface area contributed by atoms with Gasteiger partial charge < -0.3 is 38.3 Å². The second kappa shape index (κ2) is 16.1. The van der Waals surface area contributed by atoms with Crippen LogP contribution in [0.3, 0.4) is 0 Å². The Labute approximate surface area is 307 Å². The zero-order chi connectivity index (χ0) is 37.5. The molecule has 5 rings (SSSR count). The number of halogens is 2. The average molecular weight is 744 g/mol. The summed E-state index contributed by atoms with van der Waals surface area (Å²) in [6.45, 7) is 1.78. The van der Waals surface area contributed by atoms with Crippen molar-refractivity contribution in [1.29, 1.82) is 0 Å². The first-order valence-electron chi connectivity index (χ1n) is 15.5. The summed E-state index contributed by atoms with van der Waals surface area (Å²) in [5, 5.41) is 4.92. The van der Waals surface area contributed by atoms with Gasteiger partial charge in [0.1, 0.15) is 0 Å². The molecule has 3 aromatic carbocycles. The van der Waals surface area contributed by atoms with Crippen molar-refractivity contribution in [2.24, 2.45) is 0 Å². The van der Waals surface area contributed by atoms with Crippen molar-refractivity contribution >= 4 is 70.2 Å². The zero-order valence-corrected chi connectivity index (χ0v) is 29.0. The number of nitrogen functional groups attached to an aromatic ring is 4. The first-order chi connectivity index (χ1) is 24.8. The van der Waals surface area contributed by atoms with Crippen LogP contribution in [-0.2, 0) is 14.3 Å². The van der Waals surface area contributed by atoms with Crippen LogP contribution in [0.5, 0.6) is 0 Å². The number of rotatable bonds is 11. The molecule has 5 aromatic rings. The Bertz CT molecular complexity index is 2150. The van der Waals surface area contributed by atoms with Gasteiger partial charge in [0, 0.05) is 0 Å². The zero-order valence-electron chi connectivity index (χ0n) is 27.5. The number of benzene rings is 3. The third-order valence-corrected chi connectivity index (χ3v) is 8.36. The summed E-state index contributed by atoms with van der Waals surface area (Å²) in [7, 11) is 0. The van der Waals surface area contributed by atoms with Gasteiger partial charge in [-0.15, -0.1) is 0 Å². The molecule has 17 heteroatoms. The number of aromatic nitrogens is 4. The molecular formula is C35H32Cl2N10O5. The van der Waals surface area contributed by atoms with Gasteiger partial charge in [-0.2, -0.15) is 0 Å². The molecule has 0 bridgehead atoms. The van der Waals surface area contributed by atoms with Gasteiger partial charge in [0.2, 0.25) is 0 Å².